The third-order valence-electron chi connectivity index (χ3n) is 6.19. The molecule has 1 saturated heterocycles. The van der Waals surface area contributed by atoms with Gasteiger partial charge in [0.2, 0.25) is 0 Å². The quantitative estimate of drug-likeness (QED) is 0.631. The Labute approximate surface area is 176 Å². The van der Waals surface area contributed by atoms with Crippen LogP contribution < -0.4 is 5.32 Å². The van der Waals surface area contributed by atoms with Gasteiger partial charge in [0.15, 0.2) is 0 Å². The number of amides is 1. The van der Waals surface area contributed by atoms with E-state index in [1.165, 1.54) is 10.5 Å². The van der Waals surface area contributed by atoms with Gasteiger partial charge < -0.3 is 15.0 Å². The molecule has 0 unspecified atom stereocenters. The zero-order valence-corrected chi connectivity index (χ0v) is 17.9. The highest BCUT2D eigenvalue weighted by Crippen LogP contribution is 2.34. The zero-order chi connectivity index (χ0) is 20.6. The average Bonchev–Trinajstić information content (AvgIpc) is 2.76. The van der Waals surface area contributed by atoms with E-state index in [-0.39, 0.29) is 18.2 Å². The van der Waals surface area contributed by atoms with Crippen molar-refractivity contribution in [3.8, 4) is 0 Å². The smallest absolute Gasteiger partial charge is 0.315 e. The maximum atomic E-state index is 13.1. The van der Waals surface area contributed by atoms with Crippen molar-refractivity contribution in [3.05, 3.63) is 35.9 Å². The van der Waals surface area contributed by atoms with Crippen LogP contribution in [0.15, 0.2) is 30.3 Å². The molecule has 0 bridgehead atoms. The summed E-state index contributed by atoms with van der Waals surface area (Å²) in [6, 6.07) is 10.2. The number of carbonyl (C=O) groups is 1. The summed E-state index contributed by atoms with van der Waals surface area (Å²) < 4.78 is 32.4. The Bertz CT molecular complexity index is 626. The molecule has 0 radical (unpaired) electrons. The fourth-order valence-corrected chi connectivity index (χ4v) is 4.99. The first-order valence-electron chi connectivity index (χ1n) is 10.6. The van der Waals surface area contributed by atoms with Gasteiger partial charge in [-0.1, -0.05) is 30.3 Å². The van der Waals surface area contributed by atoms with Gasteiger partial charge in [0.1, 0.15) is 0 Å². The molecular formula is C22H32F2N2O2S. The molecule has 1 saturated carbocycles. The predicted molar refractivity (Wildman–Crippen MR) is 113 cm³/mol. The van der Waals surface area contributed by atoms with Crippen LogP contribution >= 0.6 is 11.8 Å². The Morgan fingerprint density at radius 1 is 1.21 bits per heavy atom. The van der Waals surface area contributed by atoms with Crippen molar-refractivity contribution in [2.24, 2.45) is 0 Å². The van der Waals surface area contributed by atoms with E-state index in [9.17, 15) is 13.6 Å². The lowest BCUT2D eigenvalue weighted by Crippen LogP contribution is -2.59. The van der Waals surface area contributed by atoms with Crippen LogP contribution in [0.3, 0.4) is 0 Å². The number of hydrogen-bond donors (Lipinski definition) is 1. The van der Waals surface area contributed by atoms with Gasteiger partial charge in [-0.15, -0.1) is 11.8 Å². The van der Waals surface area contributed by atoms with E-state index in [1.54, 1.807) is 11.8 Å². The number of piperidine rings is 1. The van der Waals surface area contributed by atoms with Crippen molar-refractivity contribution in [2.75, 3.05) is 25.3 Å². The number of alkyl halides is 2. The highest BCUT2D eigenvalue weighted by molar-refractivity contribution is 7.98. The number of benzene rings is 1. The largest absolute Gasteiger partial charge is 0.376 e. The highest BCUT2D eigenvalue weighted by Gasteiger charge is 2.38. The molecule has 3 rings (SSSR count). The van der Waals surface area contributed by atoms with Gasteiger partial charge in [-0.3, -0.25) is 4.79 Å². The van der Waals surface area contributed by atoms with Crippen LogP contribution in [0.2, 0.25) is 0 Å². The minimum absolute atomic E-state index is 0.000409. The molecule has 7 heteroatoms. The van der Waals surface area contributed by atoms with Crippen molar-refractivity contribution in [1.82, 2.24) is 10.2 Å². The second-order valence-electron chi connectivity index (χ2n) is 8.00. The number of nitrogens with zero attached hydrogens (tertiary/aromatic N) is 1. The number of ether oxygens (including phenoxy) is 1. The molecule has 0 aromatic heterocycles. The van der Waals surface area contributed by atoms with Crippen LogP contribution in [-0.4, -0.2) is 60.7 Å². The number of thioether (sulfide) groups is 1. The summed E-state index contributed by atoms with van der Waals surface area (Å²) in [4.78, 5) is 13.4. The molecule has 1 aromatic rings. The second-order valence-corrected chi connectivity index (χ2v) is 8.87. The molecule has 1 N–H and O–H groups in total. The molecule has 1 aliphatic carbocycles. The fourth-order valence-electron chi connectivity index (χ4n) is 4.61. The number of carbonyl (C=O) groups excluding carboxylic acids is 1. The number of halogens is 2. The Hall–Kier alpha value is -1.18. The van der Waals surface area contributed by atoms with Gasteiger partial charge in [0.05, 0.1) is 18.8 Å². The molecule has 2 aliphatic rings. The summed E-state index contributed by atoms with van der Waals surface area (Å²) in [5.41, 5.74) is 1.38. The molecule has 29 heavy (non-hydrogen) atoms. The molecule has 0 spiro atoms. The van der Waals surface area contributed by atoms with Gasteiger partial charge >= 0.3 is 6.43 Å². The van der Waals surface area contributed by atoms with Crippen LogP contribution in [0.1, 0.15) is 50.0 Å². The van der Waals surface area contributed by atoms with Gasteiger partial charge in [-0.2, -0.15) is 8.78 Å². The summed E-state index contributed by atoms with van der Waals surface area (Å²) in [5.74, 6) is 0.237. The Morgan fingerprint density at radius 2 is 1.93 bits per heavy atom. The summed E-state index contributed by atoms with van der Waals surface area (Å²) in [5, 5.41) is 3.41. The lowest BCUT2D eigenvalue weighted by atomic mass is 9.83. The van der Waals surface area contributed by atoms with Gasteiger partial charge in [-0.05, 0) is 56.3 Å². The second kappa shape index (κ2) is 11.3. The molecular weight excluding hydrogens is 394 g/mol. The summed E-state index contributed by atoms with van der Waals surface area (Å²) in [6.45, 7) is 0.709. The number of rotatable bonds is 8. The predicted octanol–water partition coefficient (Wildman–Crippen LogP) is 4.26. The third-order valence-corrected chi connectivity index (χ3v) is 6.64. The number of likely N-dealkylation sites (tertiary alicyclic amines) is 1. The van der Waals surface area contributed by atoms with Crippen molar-refractivity contribution >= 4 is 17.7 Å². The van der Waals surface area contributed by atoms with E-state index < -0.39 is 12.3 Å². The van der Waals surface area contributed by atoms with E-state index in [2.05, 4.69) is 29.6 Å². The molecule has 162 valence electrons. The molecule has 1 amide bonds. The SMILES string of the molecule is CSCN[C@H]1CCCN(C(=O)C(F)F)[C@H]1COC1CCC(c2ccccc2)CC1. The maximum Gasteiger partial charge on any atom is 0.315 e. The fraction of sp³-hybridized carbons (Fsp3) is 0.682. The third kappa shape index (κ3) is 6.15. The molecule has 4 nitrogen and oxygen atoms in total. The first kappa shape index (κ1) is 22.5. The Kier molecular flexibility index (Phi) is 8.75. The normalized spacial score (nSPS) is 27.9. The van der Waals surface area contributed by atoms with Crippen molar-refractivity contribution in [1.29, 1.82) is 0 Å². The van der Waals surface area contributed by atoms with E-state index >= 15 is 0 Å². The lowest BCUT2D eigenvalue weighted by molar-refractivity contribution is -0.150. The van der Waals surface area contributed by atoms with E-state index in [0.29, 0.717) is 19.1 Å². The maximum absolute atomic E-state index is 13.1. The topological polar surface area (TPSA) is 41.6 Å². The molecule has 1 aliphatic heterocycles. The Morgan fingerprint density at radius 3 is 2.59 bits per heavy atom. The molecule has 1 aromatic carbocycles. The minimum Gasteiger partial charge on any atom is -0.376 e. The van der Waals surface area contributed by atoms with Crippen molar-refractivity contribution in [2.45, 2.75) is 69.1 Å². The standard InChI is InChI=1S/C22H32F2N2O2S/c1-29-15-25-19-8-5-13-26(22(27)21(23)24)20(19)14-28-18-11-9-17(10-12-18)16-6-3-2-4-7-16/h2-4,6-7,17-21,25H,5,8-15H2,1H3/t17?,18?,19-,20-/m0/s1. The van der Waals surface area contributed by atoms with Crippen molar-refractivity contribution in [3.63, 3.8) is 0 Å². The number of nitrogens with one attached hydrogen (secondary N) is 1. The highest BCUT2D eigenvalue weighted by atomic mass is 32.2. The van der Waals surface area contributed by atoms with Crippen LogP contribution in [0.5, 0.6) is 0 Å². The minimum atomic E-state index is -2.96. The molecule has 2 atom stereocenters. The van der Waals surface area contributed by atoms with Gasteiger partial charge in [0.25, 0.3) is 5.91 Å². The van der Waals surface area contributed by atoms with Gasteiger partial charge in [-0.25, -0.2) is 0 Å². The molecule has 1 heterocycles. The molecule has 2 fully saturated rings. The van der Waals surface area contributed by atoms with Crippen molar-refractivity contribution < 1.29 is 18.3 Å². The lowest BCUT2D eigenvalue weighted by Gasteiger charge is -2.42. The van der Waals surface area contributed by atoms with E-state index in [0.717, 1.165) is 44.4 Å². The zero-order valence-electron chi connectivity index (χ0n) is 17.1. The van der Waals surface area contributed by atoms with Crippen LogP contribution in [0.4, 0.5) is 8.78 Å². The van der Waals surface area contributed by atoms with E-state index in [4.69, 9.17) is 4.74 Å². The first-order valence-corrected chi connectivity index (χ1v) is 12.0. The summed E-state index contributed by atoms with van der Waals surface area (Å²) in [7, 11) is 0. The van der Waals surface area contributed by atoms with Crippen LogP contribution in [0.25, 0.3) is 0 Å². The first-order chi connectivity index (χ1) is 14.1. The van der Waals surface area contributed by atoms with Crippen LogP contribution in [-0.2, 0) is 9.53 Å². The monoisotopic (exact) mass is 426 g/mol. The van der Waals surface area contributed by atoms with E-state index in [1.807, 2.05) is 12.3 Å². The van der Waals surface area contributed by atoms with Gasteiger partial charge in [0, 0.05) is 18.5 Å². The Balaban J connectivity index is 1.56. The summed E-state index contributed by atoms with van der Waals surface area (Å²) >= 11 is 1.65. The number of hydrogen-bond acceptors (Lipinski definition) is 4. The van der Waals surface area contributed by atoms with Crippen LogP contribution in [0, 0.1) is 0 Å². The summed E-state index contributed by atoms with van der Waals surface area (Å²) in [6.07, 6.45) is 4.89. The average molecular weight is 427 g/mol.